The maximum absolute atomic E-state index is 12.9. The van der Waals surface area contributed by atoms with Gasteiger partial charge in [-0.05, 0) is 24.6 Å². The van der Waals surface area contributed by atoms with Crippen LogP contribution >= 0.6 is 0 Å². The van der Waals surface area contributed by atoms with Gasteiger partial charge in [-0.3, -0.25) is 0 Å². The normalized spacial score (nSPS) is 13.1. The van der Waals surface area contributed by atoms with Crippen LogP contribution in [0.2, 0.25) is 0 Å². The van der Waals surface area contributed by atoms with Crippen LogP contribution in [0.1, 0.15) is 18.5 Å². The standard InChI is InChI=1S/C12H17F2N3O2/c1-8(16-6-12(13,14)7-18)9-2-4-10(5-3-9)17-11(15)19/h2-5,8,16,18H,6-7H2,1H3,(H3,15,17,19). The van der Waals surface area contributed by atoms with Gasteiger partial charge in [-0.15, -0.1) is 0 Å². The summed E-state index contributed by atoms with van der Waals surface area (Å²) in [5, 5.41) is 13.5. The van der Waals surface area contributed by atoms with Crippen molar-refractivity contribution in [3.8, 4) is 0 Å². The van der Waals surface area contributed by atoms with Gasteiger partial charge in [-0.2, -0.15) is 0 Å². The molecule has 1 unspecified atom stereocenters. The predicted molar refractivity (Wildman–Crippen MR) is 68.1 cm³/mol. The molecule has 1 rings (SSSR count). The first-order chi connectivity index (χ1) is 8.84. The number of aliphatic hydroxyl groups excluding tert-OH is 1. The molecule has 106 valence electrons. The lowest BCUT2D eigenvalue weighted by atomic mass is 10.1. The Balaban J connectivity index is 2.58. The van der Waals surface area contributed by atoms with Crippen LogP contribution in [-0.2, 0) is 0 Å². The molecule has 0 spiro atoms. The summed E-state index contributed by atoms with van der Waals surface area (Å²) in [6.45, 7) is -0.0654. The van der Waals surface area contributed by atoms with Crippen molar-refractivity contribution in [2.45, 2.75) is 18.9 Å². The Morgan fingerprint density at radius 1 is 1.42 bits per heavy atom. The third-order valence-corrected chi connectivity index (χ3v) is 2.58. The number of primary amides is 1. The van der Waals surface area contributed by atoms with E-state index < -0.39 is 25.1 Å². The minimum absolute atomic E-state index is 0.306. The van der Waals surface area contributed by atoms with Crippen molar-refractivity contribution in [1.82, 2.24) is 5.32 Å². The fraction of sp³-hybridized carbons (Fsp3) is 0.417. The highest BCUT2D eigenvalue weighted by Gasteiger charge is 2.27. The van der Waals surface area contributed by atoms with Gasteiger partial charge in [-0.25, -0.2) is 13.6 Å². The van der Waals surface area contributed by atoms with E-state index in [1.807, 2.05) is 0 Å². The molecule has 0 bridgehead atoms. The number of anilines is 1. The maximum atomic E-state index is 12.9. The van der Waals surface area contributed by atoms with E-state index in [1.54, 1.807) is 31.2 Å². The van der Waals surface area contributed by atoms with Gasteiger partial charge >= 0.3 is 6.03 Å². The number of nitrogens with one attached hydrogen (secondary N) is 2. The quantitative estimate of drug-likeness (QED) is 0.632. The van der Waals surface area contributed by atoms with E-state index >= 15 is 0 Å². The van der Waals surface area contributed by atoms with Crippen molar-refractivity contribution in [2.24, 2.45) is 5.73 Å². The largest absolute Gasteiger partial charge is 0.390 e. The number of carbonyl (C=O) groups is 1. The molecule has 0 aromatic heterocycles. The first-order valence-electron chi connectivity index (χ1n) is 5.72. The molecule has 0 heterocycles. The molecule has 5 nitrogen and oxygen atoms in total. The van der Waals surface area contributed by atoms with Crippen LogP contribution in [0.5, 0.6) is 0 Å². The van der Waals surface area contributed by atoms with Crippen LogP contribution < -0.4 is 16.4 Å². The van der Waals surface area contributed by atoms with Crippen LogP contribution in [0.25, 0.3) is 0 Å². The average Bonchev–Trinajstić information content (AvgIpc) is 2.36. The Morgan fingerprint density at radius 2 is 2.00 bits per heavy atom. The Morgan fingerprint density at radius 3 is 2.47 bits per heavy atom. The van der Waals surface area contributed by atoms with Crippen LogP contribution in [0.4, 0.5) is 19.3 Å². The minimum atomic E-state index is -3.14. The zero-order valence-corrected chi connectivity index (χ0v) is 10.5. The SMILES string of the molecule is CC(NCC(F)(F)CO)c1ccc(NC(N)=O)cc1. The second kappa shape index (κ2) is 6.44. The van der Waals surface area contributed by atoms with E-state index in [0.29, 0.717) is 5.69 Å². The summed E-state index contributed by atoms with van der Waals surface area (Å²) in [6.07, 6.45) is 0. The second-order valence-electron chi connectivity index (χ2n) is 4.23. The van der Waals surface area contributed by atoms with E-state index in [-0.39, 0.29) is 6.04 Å². The van der Waals surface area contributed by atoms with Gasteiger partial charge in [0.15, 0.2) is 0 Å². The fourth-order valence-electron chi connectivity index (χ4n) is 1.47. The monoisotopic (exact) mass is 273 g/mol. The number of nitrogens with two attached hydrogens (primary N) is 1. The lowest BCUT2D eigenvalue weighted by molar-refractivity contribution is -0.0490. The van der Waals surface area contributed by atoms with Crippen molar-refractivity contribution in [1.29, 1.82) is 0 Å². The molecule has 0 aliphatic rings. The minimum Gasteiger partial charge on any atom is -0.390 e. The number of amides is 2. The van der Waals surface area contributed by atoms with E-state index in [2.05, 4.69) is 10.6 Å². The topological polar surface area (TPSA) is 87.4 Å². The van der Waals surface area contributed by atoms with Gasteiger partial charge in [0.25, 0.3) is 5.92 Å². The summed E-state index contributed by atoms with van der Waals surface area (Å²) in [4.78, 5) is 10.6. The summed E-state index contributed by atoms with van der Waals surface area (Å²) in [5.74, 6) is -3.14. The molecule has 19 heavy (non-hydrogen) atoms. The van der Waals surface area contributed by atoms with Gasteiger partial charge in [0.1, 0.15) is 6.61 Å². The lowest BCUT2D eigenvalue weighted by Crippen LogP contribution is -2.37. The van der Waals surface area contributed by atoms with Gasteiger partial charge < -0.3 is 21.5 Å². The summed E-state index contributed by atoms with van der Waals surface area (Å²) in [6, 6.07) is 5.67. The van der Waals surface area contributed by atoms with Gasteiger partial charge in [0.2, 0.25) is 0 Å². The third kappa shape index (κ3) is 5.19. The van der Waals surface area contributed by atoms with Crippen molar-refractivity contribution in [3.05, 3.63) is 29.8 Å². The van der Waals surface area contributed by atoms with E-state index in [1.165, 1.54) is 0 Å². The number of alkyl halides is 2. The number of hydrogen-bond acceptors (Lipinski definition) is 3. The van der Waals surface area contributed by atoms with Crippen LogP contribution in [-0.4, -0.2) is 30.2 Å². The highest BCUT2D eigenvalue weighted by atomic mass is 19.3. The molecule has 1 aromatic rings. The number of halogens is 2. The number of aliphatic hydroxyl groups is 1. The van der Waals surface area contributed by atoms with Crippen LogP contribution in [0, 0.1) is 0 Å². The average molecular weight is 273 g/mol. The Bertz CT molecular complexity index is 423. The molecule has 0 aliphatic heterocycles. The molecule has 2 amide bonds. The van der Waals surface area contributed by atoms with Gasteiger partial charge in [0.05, 0.1) is 6.54 Å². The molecule has 0 saturated heterocycles. The zero-order chi connectivity index (χ0) is 14.5. The zero-order valence-electron chi connectivity index (χ0n) is 10.5. The molecular weight excluding hydrogens is 256 g/mol. The smallest absolute Gasteiger partial charge is 0.316 e. The van der Waals surface area contributed by atoms with E-state index in [4.69, 9.17) is 10.8 Å². The highest BCUT2D eigenvalue weighted by Crippen LogP contribution is 2.18. The molecule has 1 aromatic carbocycles. The van der Waals surface area contributed by atoms with Gasteiger partial charge in [-0.1, -0.05) is 12.1 Å². The molecule has 0 saturated carbocycles. The molecule has 0 fully saturated rings. The number of hydrogen-bond donors (Lipinski definition) is 4. The van der Waals surface area contributed by atoms with Crippen molar-refractivity contribution in [3.63, 3.8) is 0 Å². The van der Waals surface area contributed by atoms with Crippen molar-refractivity contribution in [2.75, 3.05) is 18.5 Å². The Hall–Kier alpha value is -1.73. The van der Waals surface area contributed by atoms with Crippen molar-refractivity contribution < 1.29 is 18.7 Å². The number of benzene rings is 1. The Labute approximate surface area is 109 Å². The fourth-order valence-corrected chi connectivity index (χ4v) is 1.47. The summed E-state index contributed by atoms with van der Waals surface area (Å²) in [7, 11) is 0. The predicted octanol–water partition coefficient (Wildman–Crippen LogP) is 1.46. The third-order valence-electron chi connectivity index (χ3n) is 2.58. The Kier molecular flexibility index (Phi) is 5.20. The number of urea groups is 1. The molecule has 0 aliphatic carbocycles. The summed E-state index contributed by atoms with van der Waals surface area (Å²) >= 11 is 0. The first-order valence-corrected chi connectivity index (χ1v) is 5.72. The molecule has 1 atom stereocenters. The van der Waals surface area contributed by atoms with Crippen molar-refractivity contribution >= 4 is 11.7 Å². The van der Waals surface area contributed by atoms with E-state index in [0.717, 1.165) is 5.56 Å². The number of carbonyl (C=O) groups excluding carboxylic acids is 1. The first kappa shape index (κ1) is 15.3. The van der Waals surface area contributed by atoms with Gasteiger partial charge in [0, 0.05) is 11.7 Å². The molecular formula is C12H17F2N3O2. The molecule has 7 heteroatoms. The van der Waals surface area contributed by atoms with Crippen LogP contribution in [0.15, 0.2) is 24.3 Å². The van der Waals surface area contributed by atoms with E-state index in [9.17, 15) is 13.6 Å². The molecule has 5 N–H and O–H groups in total. The number of rotatable bonds is 6. The summed E-state index contributed by atoms with van der Waals surface area (Å²) in [5.41, 5.74) is 6.28. The lowest BCUT2D eigenvalue weighted by Gasteiger charge is -2.19. The molecule has 0 radical (unpaired) electrons. The summed E-state index contributed by atoms with van der Waals surface area (Å²) < 4.78 is 25.7. The second-order valence-corrected chi connectivity index (χ2v) is 4.23. The highest BCUT2D eigenvalue weighted by molar-refractivity contribution is 5.87. The maximum Gasteiger partial charge on any atom is 0.316 e. The van der Waals surface area contributed by atoms with Crippen LogP contribution in [0.3, 0.4) is 0 Å².